The molecule has 3 nitrogen and oxygen atoms in total. The molecule has 0 aromatic heterocycles. The van der Waals surface area contributed by atoms with Gasteiger partial charge < -0.3 is 14.6 Å². The summed E-state index contributed by atoms with van der Waals surface area (Å²) in [5.41, 5.74) is -1.11. The van der Waals surface area contributed by atoms with Gasteiger partial charge in [-0.1, -0.05) is 20.8 Å². The molecular weight excluding hydrogens is 228 g/mol. The number of hydrogen-bond donors (Lipinski definition) is 1. The van der Waals surface area contributed by atoms with E-state index < -0.39 is 11.5 Å². The number of aliphatic hydroxyl groups excluding tert-OH is 1. The molecule has 3 rings (SSSR count). The topological polar surface area (TPSA) is 46.5 Å². The summed E-state index contributed by atoms with van der Waals surface area (Å²) in [4.78, 5) is 11.6. The molecule has 2 heterocycles. The normalized spacial score (nSPS) is 57.4. The van der Waals surface area contributed by atoms with E-state index in [9.17, 15) is 9.90 Å². The highest BCUT2D eigenvalue weighted by atomic mass is 16.5. The molecule has 102 valence electrons. The lowest BCUT2D eigenvalue weighted by Gasteiger charge is -2.59. The minimum absolute atomic E-state index is 0.0243. The summed E-state index contributed by atoms with van der Waals surface area (Å²) in [6.45, 7) is 8.58. The first kappa shape index (κ1) is 12.6. The zero-order chi connectivity index (χ0) is 13.4. The Labute approximate surface area is 109 Å². The summed E-state index contributed by atoms with van der Waals surface area (Å²) in [6.07, 6.45) is 4.24. The van der Waals surface area contributed by atoms with Gasteiger partial charge in [-0.05, 0) is 38.0 Å². The van der Waals surface area contributed by atoms with Crippen molar-refractivity contribution in [2.75, 3.05) is 0 Å². The van der Waals surface area contributed by atoms with E-state index in [0.717, 1.165) is 32.0 Å². The third-order valence-electron chi connectivity index (χ3n) is 6.52. The molecule has 3 aliphatic rings. The fourth-order valence-corrected chi connectivity index (χ4v) is 5.37. The predicted octanol–water partition coefficient (Wildman–Crippen LogP) is 2.31. The lowest BCUT2D eigenvalue weighted by Crippen LogP contribution is -2.64. The van der Waals surface area contributed by atoms with Gasteiger partial charge >= 0.3 is 0 Å². The van der Waals surface area contributed by atoms with Crippen LogP contribution in [0.15, 0.2) is 0 Å². The molecule has 5 atom stereocenters. The van der Waals surface area contributed by atoms with Crippen LogP contribution in [0.5, 0.6) is 0 Å². The Balaban J connectivity index is 2.21. The second kappa shape index (κ2) is 3.18. The van der Waals surface area contributed by atoms with Crippen LogP contribution in [0, 0.1) is 16.7 Å². The van der Waals surface area contributed by atoms with Gasteiger partial charge in [0.25, 0.3) is 0 Å². The zero-order valence-corrected chi connectivity index (χ0v) is 11.8. The van der Waals surface area contributed by atoms with E-state index >= 15 is 0 Å². The Bertz CT molecular complexity index is 405. The van der Waals surface area contributed by atoms with E-state index in [1.165, 1.54) is 0 Å². The summed E-state index contributed by atoms with van der Waals surface area (Å²) in [7, 11) is 0. The summed E-state index contributed by atoms with van der Waals surface area (Å²) in [6, 6.07) is 0. The molecule has 0 radical (unpaired) electrons. The van der Waals surface area contributed by atoms with Gasteiger partial charge in [-0.3, -0.25) is 0 Å². The van der Waals surface area contributed by atoms with Crippen molar-refractivity contribution in [3.63, 3.8) is 0 Å². The first-order chi connectivity index (χ1) is 8.23. The molecule has 1 aliphatic carbocycles. The molecule has 2 aliphatic heterocycles. The predicted molar refractivity (Wildman–Crippen MR) is 68.1 cm³/mol. The van der Waals surface area contributed by atoms with Crippen molar-refractivity contribution in [2.45, 2.75) is 70.7 Å². The molecular formula is C15H24O3. The van der Waals surface area contributed by atoms with E-state index in [1.807, 2.05) is 6.92 Å². The maximum absolute atomic E-state index is 11.6. The third-order valence-corrected chi connectivity index (χ3v) is 6.52. The summed E-state index contributed by atoms with van der Waals surface area (Å²) < 4.78 is 6.45. The molecule has 3 fully saturated rings. The third kappa shape index (κ3) is 1.04. The maximum Gasteiger partial charge on any atom is 0.126 e. The van der Waals surface area contributed by atoms with Gasteiger partial charge in [0.2, 0.25) is 0 Å². The minimum atomic E-state index is -0.428. The van der Waals surface area contributed by atoms with Crippen molar-refractivity contribution in [3.8, 4) is 0 Å². The van der Waals surface area contributed by atoms with Gasteiger partial charge in [0.1, 0.15) is 6.29 Å². The van der Waals surface area contributed by atoms with Crippen molar-refractivity contribution in [1.82, 2.24) is 0 Å². The highest BCUT2D eigenvalue weighted by Crippen LogP contribution is 2.72. The zero-order valence-electron chi connectivity index (χ0n) is 11.8. The van der Waals surface area contributed by atoms with Crippen LogP contribution in [0.3, 0.4) is 0 Å². The fourth-order valence-electron chi connectivity index (χ4n) is 5.37. The number of rotatable bonds is 1. The highest BCUT2D eigenvalue weighted by molar-refractivity contribution is 5.61. The molecule has 1 N–H and O–H groups in total. The first-order valence-corrected chi connectivity index (χ1v) is 7.07. The van der Waals surface area contributed by atoms with E-state index in [-0.39, 0.29) is 22.5 Å². The van der Waals surface area contributed by atoms with Crippen LogP contribution >= 0.6 is 0 Å². The monoisotopic (exact) mass is 252 g/mol. The van der Waals surface area contributed by atoms with E-state index in [0.29, 0.717) is 0 Å². The van der Waals surface area contributed by atoms with Crippen molar-refractivity contribution in [3.05, 3.63) is 0 Å². The average molecular weight is 252 g/mol. The van der Waals surface area contributed by atoms with E-state index in [4.69, 9.17) is 4.74 Å². The number of carbonyl (C=O) groups excluding carboxylic acids is 1. The standard InChI is InChI=1S/C15H24O3/c1-12(2)6-5-11(17)14(4)10(9-16)13(3)7-8-15(12,14)18-13/h9-11,17H,5-8H2,1-4H3/t10-,11-,13-,14+,15-/m1/s1. The molecule has 1 saturated carbocycles. The highest BCUT2D eigenvalue weighted by Gasteiger charge is 2.78. The summed E-state index contributed by atoms with van der Waals surface area (Å²) >= 11 is 0. The van der Waals surface area contributed by atoms with Crippen molar-refractivity contribution in [1.29, 1.82) is 0 Å². The van der Waals surface area contributed by atoms with Crippen molar-refractivity contribution < 1.29 is 14.6 Å². The van der Waals surface area contributed by atoms with E-state index in [2.05, 4.69) is 20.8 Å². The largest absolute Gasteiger partial charge is 0.392 e. The molecule has 3 heteroatoms. The Kier molecular flexibility index (Phi) is 2.23. The summed E-state index contributed by atoms with van der Waals surface area (Å²) in [5, 5.41) is 10.6. The minimum Gasteiger partial charge on any atom is -0.392 e. The summed E-state index contributed by atoms with van der Waals surface area (Å²) in [5.74, 6) is -0.187. The number of hydrogen-bond acceptors (Lipinski definition) is 3. The SMILES string of the molecule is CC1(C)CC[C@@H](O)[C@]2(C)[C@H](C=O)[C@@]3(C)CC[C@@]12O3. The molecule has 18 heavy (non-hydrogen) atoms. The Morgan fingerprint density at radius 2 is 1.83 bits per heavy atom. The van der Waals surface area contributed by atoms with Crippen LogP contribution in [0.25, 0.3) is 0 Å². The maximum atomic E-state index is 11.6. The van der Waals surface area contributed by atoms with Crippen LogP contribution in [0.4, 0.5) is 0 Å². The van der Waals surface area contributed by atoms with Gasteiger partial charge in [-0.2, -0.15) is 0 Å². The Hall–Kier alpha value is -0.410. The van der Waals surface area contributed by atoms with Gasteiger partial charge in [0.15, 0.2) is 0 Å². The first-order valence-electron chi connectivity index (χ1n) is 7.07. The number of aliphatic hydroxyl groups is 1. The molecule has 0 amide bonds. The lowest BCUT2D eigenvalue weighted by molar-refractivity contribution is -0.202. The molecule has 2 bridgehead atoms. The van der Waals surface area contributed by atoms with Crippen LogP contribution in [0.1, 0.15) is 53.4 Å². The Morgan fingerprint density at radius 1 is 1.17 bits per heavy atom. The van der Waals surface area contributed by atoms with Gasteiger partial charge in [-0.15, -0.1) is 0 Å². The van der Waals surface area contributed by atoms with Crippen molar-refractivity contribution >= 4 is 6.29 Å². The molecule has 2 saturated heterocycles. The van der Waals surface area contributed by atoms with Gasteiger partial charge in [-0.25, -0.2) is 0 Å². The number of fused-ring (bicyclic) bond motifs is 1. The Morgan fingerprint density at radius 3 is 2.44 bits per heavy atom. The molecule has 1 spiro atoms. The average Bonchev–Trinajstić information content (AvgIpc) is 2.74. The van der Waals surface area contributed by atoms with Gasteiger partial charge in [0, 0.05) is 5.41 Å². The van der Waals surface area contributed by atoms with Crippen LogP contribution in [-0.4, -0.2) is 28.7 Å². The molecule has 0 aromatic carbocycles. The molecule has 0 unspecified atom stereocenters. The lowest BCUT2D eigenvalue weighted by atomic mass is 9.45. The number of carbonyl (C=O) groups is 1. The number of ether oxygens (including phenoxy) is 1. The van der Waals surface area contributed by atoms with Gasteiger partial charge in [0.05, 0.1) is 23.2 Å². The second-order valence-corrected chi connectivity index (χ2v) is 7.58. The van der Waals surface area contributed by atoms with Crippen LogP contribution < -0.4 is 0 Å². The number of aldehydes is 1. The van der Waals surface area contributed by atoms with Crippen LogP contribution in [-0.2, 0) is 9.53 Å². The van der Waals surface area contributed by atoms with E-state index in [1.54, 1.807) is 0 Å². The fraction of sp³-hybridized carbons (Fsp3) is 0.933. The quantitative estimate of drug-likeness (QED) is 0.728. The molecule has 0 aromatic rings. The van der Waals surface area contributed by atoms with Crippen LogP contribution in [0.2, 0.25) is 0 Å². The smallest absolute Gasteiger partial charge is 0.126 e. The second-order valence-electron chi connectivity index (χ2n) is 7.58. The van der Waals surface area contributed by atoms with Crippen molar-refractivity contribution in [2.24, 2.45) is 16.7 Å².